The first kappa shape index (κ1) is 32.6. The van der Waals surface area contributed by atoms with Gasteiger partial charge in [-0.2, -0.15) is 0 Å². The molecule has 0 saturated carbocycles. The maximum Gasteiger partial charge on any atom is 0.335 e. The SMILES string of the molecule is CCC(Sc1cccc(NC(=O)/C(=C\c2ccccc2OC)NC(=O)c2ccccc2)c1)C(=O)Nc1cc(C(=O)O)ccc1C. The van der Waals surface area contributed by atoms with E-state index in [1.165, 1.54) is 31.0 Å². The molecule has 3 amide bonds. The molecule has 0 heterocycles. The Hall–Kier alpha value is -5.35. The maximum absolute atomic E-state index is 13.5. The van der Waals surface area contributed by atoms with E-state index in [4.69, 9.17) is 4.74 Å². The molecule has 0 aromatic heterocycles. The van der Waals surface area contributed by atoms with Crippen LogP contribution < -0.4 is 20.7 Å². The van der Waals surface area contributed by atoms with Crippen molar-refractivity contribution in [3.05, 3.63) is 125 Å². The lowest BCUT2D eigenvalue weighted by atomic mass is 10.1. The van der Waals surface area contributed by atoms with E-state index in [9.17, 15) is 24.3 Å². The Morgan fingerprint density at radius 1 is 0.867 bits per heavy atom. The van der Waals surface area contributed by atoms with Crippen molar-refractivity contribution in [3.8, 4) is 5.75 Å². The molecule has 9 nitrogen and oxygen atoms in total. The number of methoxy groups -OCH3 is 1. The van der Waals surface area contributed by atoms with Crippen LogP contribution in [0.4, 0.5) is 11.4 Å². The first-order valence-electron chi connectivity index (χ1n) is 14.1. The number of anilines is 2. The van der Waals surface area contributed by atoms with E-state index >= 15 is 0 Å². The van der Waals surface area contributed by atoms with Crippen LogP contribution in [0, 0.1) is 6.92 Å². The van der Waals surface area contributed by atoms with E-state index < -0.39 is 23.0 Å². The van der Waals surface area contributed by atoms with Crippen molar-refractivity contribution >= 4 is 52.9 Å². The van der Waals surface area contributed by atoms with E-state index in [1.807, 2.05) is 13.0 Å². The number of aryl methyl sites for hydroxylation is 1. The Morgan fingerprint density at radius 2 is 1.60 bits per heavy atom. The average molecular weight is 624 g/mol. The Labute approximate surface area is 265 Å². The van der Waals surface area contributed by atoms with Gasteiger partial charge in [-0.15, -0.1) is 11.8 Å². The van der Waals surface area contributed by atoms with Gasteiger partial charge in [0.15, 0.2) is 0 Å². The zero-order valence-corrected chi connectivity index (χ0v) is 25.8. The highest BCUT2D eigenvalue weighted by molar-refractivity contribution is 8.00. The average Bonchev–Trinajstić information content (AvgIpc) is 3.04. The van der Waals surface area contributed by atoms with Gasteiger partial charge in [-0.25, -0.2) is 4.79 Å². The molecule has 1 unspecified atom stereocenters. The molecule has 4 aromatic carbocycles. The third kappa shape index (κ3) is 8.84. The molecule has 4 rings (SSSR count). The summed E-state index contributed by atoms with van der Waals surface area (Å²) in [4.78, 5) is 51.8. The largest absolute Gasteiger partial charge is 0.496 e. The maximum atomic E-state index is 13.5. The predicted octanol–water partition coefficient (Wildman–Crippen LogP) is 6.62. The second kappa shape index (κ2) is 15.4. The number of aromatic carboxylic acids is 1. The van der Waals surface area contributed by atoms with Crippen molar-refractivity contribution in [2.45, 2.75) is 30.4 Å². The summed E-state index contributed by atoms with van der Waals surface area (Å²) >= 11 is 1.32. The lowest BCUT2D eigenvalue weighted by Crippen LogP contribution is -2.30. The van der Waals surface area contributed by atoms with Crippen molar-refractivity contribution in [3.63, 3.8) is 0 Å². The van der Waals surface area contributed by atoms with Crippen LogP contribution in [-0.2, 0) is 9.59 Å². The number of hydrogen-bond acceptors (Lipinski definition) is 6. The van der Waals surface area contributed by atoms with Gasteiger partial charge >= 0.3 is 5.97 Å². The number of nitrogens with one attached hydrogen (secondary N) is 3. The number of hydrogen-bond donors (Lipinski definition) is 4. The number of rotatable bonds is 12. The van der Waals surface area contributed by atoms with Gasteiger partial charge in [0.05, 0.1) is 17.9 Å². The molecule has 230 valence electrons. The second-order valence-electron chi connectivity index (χ2n) is 9.94. The summed E-state index contributed by atoms with van der Waals surface area (Å²) in [6, 6.07) is 27.3. The predicted molar refractivity (Wildman–Crippen MR) is 177 cm³/mol. The molecule has 4 aromatic rings. The monoisotopic (exact) mass is 623 g/mol. The van der Waals surface area contributed by atoms with E-state index in [-0.39, 0.29) is 17.2 Å². The summed E-state index contributed by atoms with van der Waals surface area (Å²) in [5.41, 5.74) is 2.73. The number of carboxylic acid groups (broad SMARTS) is 1. The highest BCUT2D eigenvalue weighted by Crippen LogP contribution is 2.29. The van der Waals surface area contributed by atoms with Gasteiger partial charge in [-0.05, 0) is 73.5 Å². The highest BCUT2D eigenvalue weighted by atomic mass is 32.2. The zero-order valence-electron chi connectivity index (χ0n) is 25.0. The molecule has 0 aliphatic heterocycles. The molecule has 4 N–H and O–H groups in total. The fourth-order valence-corrected chi connectivity index (χ4v) is 5.33. The van der Waals surface area contributed by atoms with E-state index in [0.717, 1.165) is 10.5 Å². The number of benzene rings is 4. The van der Waals surface area contributed by atoms with E-state index in [1.54, 1.807) is 91.9 Å². The van der Waals surface area contributed by atoms with Crippen molar-refractivity contribution < 1.29 is 29.0 Å². The smallest absolute Gasteiger partial charge is 0.335 e. The van der Waals surface area contributed by atoms with Crippen LogP contribution in [-0.4, -0.2) is 41.2 Å². The summed E-state index contributed by atoms with van der Waals surface area (Å²) in [5, 5.41) is 17.3. The van der Waals surface area contributed by atoms with Gasteiger partial charge in [0.1, 0.15) is 11.4 Å². The first-order chi connectivity index (χ1) is 21.7. The molecule has 0 spiro atoms. The second-order valence-corrected chi connectivity index (χ2v) is 11.2. The number of carbonyl (C=O) groups is 4. The summed E-state index contributed by atoms with van der Waals surface area (Å²) in [5.74, 6) is -1.81. The molecular weight excluding hydrogens is 590 g/mol. The van der Waals surface area contributed by atoms with Crippen molar-refractivity contribution in [2.75, 3.05) is 17.7 Å². The number of para-hydroxylation sites is 1. The minimum absolute atomic E-state index is 0.0104. The minimum atomic E-state index is -1.08. The summed E-state index contributed by atoms with van der Waals surface area (Å²) in [6.45, 7) is 3.67. The van der Waals surface area contributed by atoms with Crippen LogP contribution in [0.3, 0.4) is 0 Å². The van der Waals surface area contributed by atoms with Gasteiger partial charge in [0.25, 0.3) is 11.8 Å². The van der Waals surface area contributed by atoms with Crippen molar-refractivity contribution in [1.29, 1.82) is 0 Å². The normalized spacial score (nSPS) is 11.7. The molecule has 0 radical (unpaired) electrons. The van der Waals surface area contributed by atoms with E-state index in [2.05, 4.69) is 16.0 Å². The fourth-order valence-electron chi connectivity index (χ4n) is 4.32. The Morgan fingerprint density at radius 3 is 2.31 bits per heavy atom. The molecule has 0 fully saturated rings. The molecule has 45 heavy (non-hydrogen) atoms. The van der Waals surface area contributed by atoms with Crippen LogP contribution in [0.25, 0.3) is 6.08 Å². The molecule has 0 aliphatic carbocycles. The van der Waals surface area contributed by atoms with Crippen LogP contribution >= 0.6 is 11.8 Å². The molecular formula is C35H33N3O6S. The van der Waals surface area contributed by atoms with Crippen LogP contribution in [0.1, 0.15) is 45.2 Å². The third-order valence-corrected chi connectivity index (χ3v) is 8.10. The number of amides is 3. The number of thioether (sulfide) groups is 1. The molecule has 1 atom stereocenters. The zero-order chi connectivity index (χ0) is 32.3. The van der Waals surface area contributed by atoms with E-state index in [0.29, 0.717) is 34.7 Å². The van der Waals surface area contributed by atoms with Crippen molar-refractivity contribution in [2.24, 2.45) is 0 Å². The van der Waals surface area contributed by atoms with Gasteiger partial charge in [-0.3, -0.25) is 14.4 Å². The summed E-state index contributed by atoms with van der Waals surface area (Å²) < 4.78 is 5.43. The number of carbonyl (C=O) groups excluding carboxylic acids is 3. The summed E-state index contributed by atoms with van der Waals surface area (Å²) in [7, 11) is 1.52. The third-order valence-electron chi connectivity index (χ3n) is 6.74. The molecule has 0 saturated heterocycles. The van der Waals surface area contributed by atoms with Crippen LogP contribution in [0.15, 0.2) is 108 Å². The highest BCUT2D eigenvalue weighted by Gasteiger charge is 2.21. The van der Waals surface area contributed by atoms with Gasteiger partial charge in [0.2, 0.25) is 5.91 Å². The lowest BCUT2D eigenvalue weighted by Gasteiger charge is -2.17. The number of ether oxygens (including phenoxy) is 1. The van der Waals surface area contributed by atoms with Crippen LogP contribution in [0.2, 0.25) is 0 Å². The Balaban J connectivity index is 1.53. The number of carboxylic acids is 1. The quantitative estimate of drug-likeness (QED) is 0.103. The van der Waals surface area contributed by atoms with Gasteiger partial charge in [-0.1, -0.05) is 55.5 Å². The molecule has 0 aliphatic rings. The standard InChI is InChI=1S/C35H33N3O6S/c1-4-31(34(41)37-28-20-25(35(42)43)18-17-22(28)2)45-27-15-10-14-26(21-27)36-33(40)29(19-24-13-8-9-16-30(24)44-3)38-32(39)23-11-6-5-7-12-23/h5-21,31H,4H2,1-3H3,(H,36,40)(H,37,41)(H,38,39)(H,42,43)/b29-19+. The van der Waals surface area contributed by atoms with Crippen molar-refractivity contribution in [1.82, 2.24) is 5.32 Å². The molecule has 0 bridgehead atoms. The van der Waals surface area contributed by atoms with Gasteiger partial charge < -0.3 is 25.8 Å². The Kier molecular flexibility index (Phi) is 11.1. The lowest BCUT2D eigenvalue weighted by molar-refractivity contribution is -0.116. The Bertz CT molecular complexity index is 1740. The molecule has 10 heteroatoms. The first-order valence-corrected chi connectivity index (χ1v) is 15.0. The topological polar surface area (TPSA) is 134 Å². The fraction of sp³-hybridized carbons (Fsp3) is 0.143. The van der Waals surface area contributed by atoms with Crippen LogP contribution in [0.5, 0.6) is 5.75 Å². The summed E-state index contributed by atoms with van der Waals surface area (Å²) in [6.07, 6.45) is 2.05. The minimum Gasteiger partial charge on any atom is -0.496 e. The van der Waals surface area contributed by atoms with Gasteiger partial charge in [0, 0.05) is 27.4 Å².